The van der Waals surface area contributed by atoms with Gasteiger partial charge in [0, 0.05) is 12.2 Å². The lowest BCUT2D eigenvalue weighted by molar-refractivity contribution is 0.490. The van der Waals surface area contributed by atoms with Crippen LogP contribution in [-0.2, 0) is 12.0 Å². The molecule has 2 rings (SSSR count). The molecule has 110 valence electrons. The molecule has 1 aromatic heterocycles. The molecule has 1 heterocycles. The molecule has 0 aliphatic rings. The van der Waals surface area contributed by atoms with Gasteiger partial charge in [-0.25, -0.2) is 4.98 Å². The Kier molecular flexibility index (Phi) is 5.74. The summed E-state index contributed by atoms with van der Waals surface area (Å²) in [6, 6.07) is 12.3. The van der Waals surface area contributed by atoms with E-state index in [1.807, 2.05) is 44.2 Å². The fourth-order valence-corrected chi connectivity index (χ4v) is 3.85. The lowest BCUT2D eigenvalue weighted by atomic mass is 9.93. The van der Waals surface area contributed by atoms with Gasteiger partial charge in [0.05, 0.1) is 6.07 Å². The van der Waals surface area contributed by atoms with Crippen LogP contribution in [0.1, 0.15) is 25.2 Å². The number of rotatable bonds is 7. The summed E-state index contributed by atoms with van der Waals surface area (Å²) in [5.41, 5.74) is 0.292. The van der Waals surface area contributed by atoms with Crippen LogP contribution in [0.4, 0.5) is 0 Å². The number of aromatic nitrogens is 2. The highest BCUT2D eigenvalue weighted by atomic mass is 32.2. The first-order valence-electron chi connectivity index (χ1n) is 6.91. The largest absolute Gasteiger partial charge is 0.295 e. The number of hydrogen-bond acceptors (Lipinski definition) is 6. The van der Waals surface area contributed by atoms with E-state index in [9.17, 15) is 5.26 Å². The molecule has 0 aliphatic heterocycles. The van der Waals surface area contributed by atoms with E-state index < -0.39 is 5.54 Å². The number of aryl methyl sites for hydroxylation is 1. The molecule has 0 fully saturated rings. The van der Waals surface area contributed by atoms with Gasteiger partial charge in [-0.3, -0.25) is 5.32 Å². The summed E-state index contributed by atoms with van der Waals surface area (Å²) in [6.45, 7) is 4.79. The molecular weight excluding hydrogens is 300 g/mol. The van der Waals surface area contributed by atoms with Gasteiger partial charge in [0.25, 0.3) is 0 Å². The van der Waals surface area contributed by atoms with Crippen LogP contribution in [0.2, 0.25) is 0 Å². The standard InChI is InChI=1S/C15H18N4S2/c1-3-13-18-14(21-19-13)20-11-15(10-16,17-4-2)12-8-6-5-7-9-12/h5-9,17H,3-4,11H2,1-2H3. The Morgan fingerprint density at radius 2 is 2.10 bits per heavy atom. The molecule has 0 spiro atoms. The van der Waals surface area contributed by atoms with Crippen molar-refractivity contribution in [3.05, 3.63) is 41.7 Å². The summed E-state index contributed by atoms with van der Waals surface area (Å²) >= 11 is 2.99. The number of thioether (sulfide) groups is 1. The zero-order valence-corrected chi connectivity index (χ0v) is 13.8. The molecule has 0 aliphatic carbocycles. The maximum absolute atomic E-state index is 9.73. The highest BCUT2D eigenvalue weighted by molar-refractivity contribution is 8.01. The van der Waals surface area contributed by atoms with Crippen molar-refractivity contribution in [1.82, 2.24) is 14.7 Å². The van der Waals surface area contributed by atoms with Crippen LogP contribution in [0.15, 0.2) is 34.7 Å². The Balaban J connectivity index is 2.19. The van der Waals surface area contributed by atoms with E-state index in [-0.39, 0.29) is 0 Å². The van der Waals surface area contributed by atoms with E-state index >= 15 is 0 Å². The molecule has 1 aromatic carbocycles. The maximum Gasteiger partial charge on any atom is 0.170 e. The average Bonchev–Trinajstić information content (AvgIpc) is 3.00. The minimum absolute atomic E-state index is 0.611. The zero-order valence-electron chi connectivity index (χ0n) is 12.2. The molecule has 0 bridgehead atoms. The molecule has 21 heavy (non-hydrogen) atoms. The van der Waals surface area contributed by atoms with Crippen LogP contribution in [-0.4, -0.2) is 21.7 Å². The molecule has 6 heteroatoms. The second-order valence-electron chi connectivity index (χ2n) is 4.53. The van der Waals surface area contributed by atoms with Gasteiger partial charge >= 0.3 is 0 Å². The molecule has 1 atom stereocenters. The molecule has 0 amide bonds. The van der Waals surface area contributed by atoms with Crippen molar-refractivity contribution in [2.24, 2.45) is 0 Å². The third-order valence-electron chi connectivity index (χ3n) is 3.11. The van der Waals surface area contributed by atoms with Gasteiger partial charge in [-0.15, -0.1) is 0 Å². The van der Waals surface area contributed by atoms with Gasteiger partial charge in [0.15, 0.2) is 4.34 Å². The molecule has 1 unspecified atom stereocenters. The van der Waals surface area contributed by atoms with Gasteiger partial charge in [0.2, 0.25) is 0 Å². The number of nitriles is 1. The first-order chi connectivity index (χ1) is 10.2. The summed E-state index contributed by atoms with van der Waals surface area (Å²) in [6.07, 6.45) is 0.840. The third kappa shape index (κ3) is 3.82. The molecule has 2 aromatic rings. The van der Waals surface area contributed by atoms with Crippen LogP contribution in [0.3, 0.4) is 0 Å². The summed E-state index contributed by atoms with van der Waals surface area (Å²) in [7, 11) is 0. The molecule has 0 radical (unpaired) electrons. The summed E-state index contributed by atoms with van der Waals surface area (Å²) in [4.78, 5) is 4.45. The van der Waals surface area contributed by atoms with E-state index in [1.54, 1.807) is 11.8 Å². The lowest BCUT2D eigenvalue weighted by Gasteiger charge is -2.27. The Morgan fingerprint density at radius 1 is 1.33 bits per heavy atom. The predicted octanol–water partition coefficient (Wildman–Crippen LogP) is 3.22. The monoisotopic (exact) mass is 318 g/mol. The van der Waals surface area contributed by atoms with Crippen molar-refractivity contribution in [2.45, 2.75) is 30.1 Å². The average molecular weight is 318 g/mol. The Hall–Kier alpha value is -1.42. The minimum atomic E-state index is -0.696. The number of nitrogens with one attached hydrogen (secondary N) is 1. The first-order valence-corrected chi connectivity index (χ1v) is 8.67. The van der Waals surface area contributed by atoms with Crippen molar-refractivity contribution < 1.29 is 0 Å². The third-order valence-corrected chi connectivity index (χ3v) is 5.16. The van der Waals surface area contributed by atoms with Crippen molar-refractivity contribution in [2.75, 3.05) is 12.3 Å². The van der Waals surface area contributed by atoms with E-state index in [1.165, 1.54) is 11.5 Å². The van der Waals surface area contributed by atoms with Gasteiger partial charge in [-0.1, -0.05) is 55.9 Å². The SMILES string of the molecule is CCNC(C#N)(CSc1nc(CC)ns1)c1ccccc1. The quantitative estimate of drug-likeness (QED) is 0.794. The smallest absolute Gasteiger partial charge is 0.170 e. The minimum Gasteiger partial charge on any atom is -0.295 e. The van der Waals surface area contributed by atoms with E-state index in [4.69, 9.17) is 0 Å². The Bertz CT molecular complexity index is 606. The highest BCUT2D eigenvalue weighted by Crippen LogP contribution is 2.30. The molecule has 0 saturated heterocycles. The number of nitrogens with zero attached hydrogens (tertiary/aromatic N) is 3. The van der Waals surface area contributed by atoms with Crippen molar-refractivity contribution in [1.29, 1.82) is 5.26 Å². The van der Waals surface area contributed by atoms with E-state index in [2.05, 4.69) is 20.7 Å². The van der Waals surface area contributed by atoms with Crippen LogP contribution >= 0.6 is 23.3 Å². The molecular formula is C15H18N4S2. The van der Waals surface area contributed by atoms with Crippen molar-refractivity contribution in [3.63, 3.8) is 0 Å². The maximum atomic E-state index is 9.73. The molecule has 1 N–H and O–H groups in total. The van der Waals surface area contributed by atoms with Crippen LogP contribution in [0.25, 0.3) is 0 Å². The highest BCUT2D eigenvalue weighted by Gasteiger charge is 2.31. The Morgan fingerprint density at radius 3 is 2.67 bits per heavy atom. The van der Waals surface area contributed by atoms with Gasteiger partial charge in [-0.2, -0.15) is 9.64 Å². The fourth-order valence-electron chi connectivity index (χ4n) is 2.01. The fraction of sp³-hybridized carbons (Fsp3) is 0.400. The van der Waals surface area contributed by atoms with Crippen LogP contribution in [0, 0.1) is 11.3 Å². The summed E-state index contributed by atoms with van der Waals surface area (Å²) < 4.78 is 5.20. The van der Waals surface area contributed by atoms with E-state index in [0.717, 1.165) is 28.7 Å². The second kappa shape index (κ2) is 7.55. The summed E-state index contributed by atoms with van der Waals surface area (Å²) in [5.74, 6) is 1.48. The number of benzene rings is 1. The van der Waals surface area contributed by atoms with E-state index in [0.29, 0.717) is 5.75 Å². The normalized spacial score (nSPS) is 13.6. The van der Waals surface area contributed by atoms with Gasteiger partial charge < -0.3 is 0 Å². The van der Waals surface area contributed by atoms with Crippen LogP contribution in [0.5, 0.6) is 0 Å². The zero-order chi connectivity index (χ0) is 15.1. The lowest BCUT2D eigenvalue weighted by Crippen LogP contribution is -2.43. The summed E-state index contributed by atoms with van der Waals surface area (Å²) in [5, 5.41) is 13.1. The Labute approximate surface area is 133 Å². The topological polar surface area (TPSA) is 61.6 Å². The molecule has 4 nitrogen and oxygen atoms in total. The predicted molar refractivity (Wildman–Crippen MR) is 87.4 cm³/mol. The van der Waals surface area contributed by atoms with Gasteiger partial charge in [-0.05, 0) is 23.6 Å². The van der Waals surface area contributed by atoms with Crippen molar-refractivity contribution >= 4 is 23.3 Å². The first kappa shape index (κ1) is 16.0. The van der Waals surface area contributed by atoms with Crippen molar-refractivity contribution in [3.8, 4) is 6.07 Å². The number of hydrogen-bond donors (Lipinski definition) is 1. The second-order valence-corrected chi connectivity index (χ2v) is 6.51. The van der Waals surface area contributed by atoms with Gasteiger partial charge in [0.1, 0.15) is 11.4 Å². The molecule has 0 saturated carbocycles. The van der Waals surface area contributed by atoms with Crippen LogP contribution < -0.4 is 5.32 Å².